The van der Waals surface area contributed by atoms with Crippen molar-refractivity contribution in [2.75, 3.05) is 5.32 Å². The summed E-state index contributed by atoms with van der Waals surface area (Å²) in [6.07, 6.45) is -3.32. The maximum absolute atomic E-state index is 13.2. The maximum atomic E-state index is 13.2. The number of aromatic nitrogens is 7. The van der Waals surface area contributed by atoms with E-state index >= 15 is 0 Å². The number of aryl methyl sites for hydroxylation is 1. The third-order valence-corrected chi connectivity index (χ3v) is 5.47. The first kappa shape index (κ1) is 23.8. The highest BCUT2D eigenvalue weighted by Crippen LogP contribution is 2.30. The Balaban J connectivity index is 1.58. The predicted octanol–water partition coefficient (Wildman–Crippen LogP) is 4.23. The second-order valence-electron chi connectivity index (χ2n) is 8.12. The molecule has 0 bridgehead atoms. The molecule has 0 saturated carbocycles. The first-order valence-electron chi connectivity index (χ1n) is 10.8. The number of fused-ring (bicyclic) bond motifs is 1. The van der Waals surface area contributed by atoms with Gasteiger partial charge in [0.1, 0.15) is 12.1 Å². The summed E-state index contributed by atoms with van der Waals surface area (Å²) < 4.78 is 41.3. The van der Waals surface area contributed by atoms with Crippen LogP contribution in [0.1, 0.15) is 28.7 Å². The van der Waals surface area contributed by atoms with Crippen LogP contribution in [0.25, 0.3) is 28.1 Å². The molecule has 4 heterocycles. The smallest absolute Gasteiger partial charge is 0.339 e. The van der Waals surface area contributed by atoms with Crippen LogP contribution in [0, 0.1) is 6.92 Å². The molecule has 0 spiro atoms. The van der Waals surface area contributed by atoms with Gasteiger partial charge in [-0.25, -0.2) is 15.1 Å². The Kier molecular flexibility index (Phi) is 5.74. The number of carbonyl (C=O) groups is 1. The lowest BCUT2D eigenvalue weighted by molar-refractivity contribution is -0.141. The molecule has 0 aliphatic carbocycles. The second-order valence-corrected chi connectivity index (χ2v) is 8.12. The highest BCUT2D eigenvalue weighted by molar-refractivity contribution is 6.00. The number of hydrogen-bond acceptors (Lipinski definition) is 8. The lowest BCUT2D eigenvalue weighted by Gasteiger charge is -2.12. The molecule has 0 aliphatic rings. The molecule has 0 fully saturated rings. The van der Waals surface area contributed by atoms with E-state index in [0.29, 0.717) is 28.6 Å². The Morgan fingerprint density at radius 3 is 2.57 bits per heavy atom. The van der Waals surface area contributed by atoms with Crippen molar-refractivity contribution in [2.24, 2.45) is 0 Å². The van der Waals surface area contributed by atoms with Gasteiger partial charge in [0.15, 0.2) is 17.3 Å². The van der Waals surface area contributed by atoms with Crippen LogP contribution in [-0.4, -0.2) is 40.7 Å². The van der Waals surface area contributed by atoms with Gasteiger partial charge in [-0.2, -0.15) is 23.4 Å². The zero-order valence-electron chi connectivity index (χ0n) is 19.3. The number of benzene rings is 1. The summed E-state index contributed by atoms with van der Waals surface area (Å²) in [5.41, 5.74) is -0.143. The van der Waals surface area contributed by atoms with Crippen molar-refractivity contribution in [1.82, 2.24) is 34.9 Å². The number of H-pyrrole nitrogens is 1. The fourth-order valence-corrected chi connectivity index (χ4v) is 3.69. The quantitative estimate of drug-likeness (QED) is 0.339. The number of Topliss-reactive ketones (excluding diaryl/α,β-unsaturated/α-hetero) is 1. The van der Waals surface area contributed by atoms with Gasteiger partial charge in [-0.15, -0.1) is 5.10 Å². The lowest BCUT2D eigenvalue weighted by Crippen LogP contribution is -2.19. The third-order valence-electron chi connectivity index (χ3n) is 5.47. The molecule has 0 unspecified atom stereocenters. The second kappa shape index (κ2) is 8.93. The van der Waals surface area contributed by atoms with Crippen molar-refractivity contribution >= 4 is 28.3 Å². The molecule has 2 N–H and O–H groups in total. The highest BCUT2D eigenvalue weighted by Gasteiger charge is 2.34. The summed E-state index contributed by atoms with van der Waals surface area (Å²) in [5.74, 6) is 0.331. The molecular weight excluding hydrogens is 489 g/mol. The Morgan fingerprint density at radius 1 is 1.05 bits per heavy atom. The molecule has 1 aromatic carbocycles. The molecule has 0 radical (unpaired) electrons. The minimum absolute atomic E-state index is 0.0105. The van der Waals surface area contributed by atoms with Crippen LogP contribution in [0.4, 0.5) is 24.7 Å². The van der Waals surface area contributed by atoms with Crippen molar-refractivity contribution in [3.8, 4) is 17.1 Å². The predicted molar refractivity (Wildman–Crippen MR) is 128 cm³/mol. The van der Waals surface area contributed by atoms with Gasteiger partial charge in [0.25, 0.3) is 5.56 Å². The summed E-state index contributed by atoms with van der Waals surface area (Å²) in [7, 11) is 0. The van der Waals surface area contributed by atoms with Crippen molar-refractivity contribution < 1.29 is 18.0 Å². The number of rotatable bonds is 5. The van der Waals surface area contributed by atoms with E-state index in [1.807, 2.05) is 18.1 Å². The van der Waals surface area contributed by atoms with Gasteiger partial charge in [-0.1, -0.05) is 0 Å². The highest BCUT2D eigenvalue weighted by atomic mass is 19.4. The molecular formula is C24H17F3N8O2. The summed E-state index contributed by atoms with van der Waals surface area (Å²) in [6.45, 7) is 3.07. The van der Waals surface area contributed by atoms with E-state index in [2.05, 4.69) is 30.6 Å². The standard InChI is InChI=1S/C24H17F3N8O2/c1-12-3-7-20(33-31-12)29-14-4-6-18-17(9-14)28-11-35(18)21-8-5-15(13(2)36)22(30-21)16-10-19(24(25,26)27)32-34-23(16)37/h3-11H,1-2H3,(H,29,33)(H,34,37). The Hall–Kier alpha value is -4.94. The summed E-state index contributed by atoms with van der Waals surface area (Å²) in [4.78, 5) is 33.4. The lowest BCUT2D eigenvalue weighted by atomic mass is 10.0. The van der Waals surface area contributed by atoms with Crippen LogP contribution < -0.4 is 10.9 Å². The number of alkyl halides is 3. The zero-order valence-corrected chi connectivity index (χ0v) is 19.3. The molecule has 37 heavy (non-hydrogen) atoms. The van der Waals surface area contributed by atoms with Gasteiger partial charge in [0, 0.05) is 11.3 Å². The number of ketones is 1. The van der Waals surface area contributed by atoms with Crippen molar-refractivity contribution in [2.45, 2.75) is 20.0 Å². The molecule has 0 saturated heterocycles. The number of pyridine rings is 1. The number of halogens is 3. The van der Waals surface area contributed by atoms with Crippen molar-refractivity contribution in [3.05, 3.63) is 82.2 Å². The first-order chi connectivity index (χ1) is 17.6. The number of nitrogens with one attached hydrogen (secondary N) is 2. The van der Waals surface area contributed by atoms with E-state index in [1.165, 1.54) is 25.4 Å². The molecule has 0 amide bonds. The van der Waals surface area contributed by atoms with Gasteiger partial charge < -0.3 is 5.32 Å². The third kappa shape index (κ3) is 4.66. The van der Waals surface area contributed by atoms with E-state index in [0.717, 1.165) is 5.69 Å². The van der Waals surface area contributed by atoms with Crippen LogP contribution in [0.3, 0.4) is 0 Å². The molecule has 4 aromatic heterocycles. The number of hydrogen-bond donors (Lipinski definition) is 2. The average Bonchev–Trinajstić information content (AvgIpc) is 3.28. The fourth-order valence-electron chi connectivity index (χ4n) is 3.69. The van der Waals surface area contributed by atoms with E-state index in [-0.39, 0.29) is 17.1 Å². The minimum atomic E-state index is -4.80. The summed E-state index contributed by atoms with van der Waals surface area (Å²) in [5, 5.41) is 16.1. The van der Waals surface area contributed by atoms with Gasteiger partial charge in [0.05, 0.1) is 28.0 Å². The maximum Gasteiger partial charge on any atom is 0.435 e. The molecule has 10 nitrogen and oxygen atoms in total. The zero-order chi connectivity index (χ0) is 26.3. The van der Waals surface area contributed by atoms with Crippen LogP contribution in [0.15, 0.2) is 59.7 Å². The van der Waals surface area contributed by atoms with Gasteiger partial charge in [-0.05, 0) is 62.4 Å². The number of carbonyl (C=O) groups excluding carboxylic acids is 1. The van der Waals surface area contributed by atoms with E-state index in [1.54, 1.807) is 28.8 Å². The number of aromatic amines is 1. The first-order valence-corrected chi connectivity index (χ1v) is 10.8. The molecule has 0 atom stereocenters. The molecule has 5 rings (SSSR count). The van der Waals surface area contributed by atoms with Crippen LogP contribution in [0.5, 0.6) is 0 Å². The van der Waals surface area contributed by atoms with Crippen LogP contribution >= 0.6 is 0 Å². The molecule has 186 valence electrons. The van der Waals surface area contributed by atoms with Gasteiger partial charge in [0.2, 0.25) is 0 Å². The molecule has 0 aliphatic heterocycles. The van der Waals surface area contributed by atoms with Crippen LogP contribution in [0.2, 0.25) is 0 Å². The summed E-state index contributed by atoms with van der Waals surface area (Å²) in [6, 6.07) is 12.5. The number of imidazole rings is 1. The Bertz CT molecular complexity index is 1710. The van der Waals surface area contributed by atoms with Crippen molar-refractivity contribution in [3.63, 3.8) is 0 Å². The monoisotopic (exact) mass is 506 g/mol. The number of nitrogens with zero attached hydrogens (tertiary/aromatic N) is 6. The number of anilines is 2. The molecule has 13 heteroatoms. The summed E-state index contributed by atoms with van der Waals surface area (Å²) >= 11 is 0. The molecule has 5 aromatic rings. The van der Waals surface area contributed by atoms with Gasteiger partial charge >= 0.3 is 6.18 Å². The van der Waals surface area contributed by atoms with E-state index in [9.17, 15) is 22.8 Å². The van der Waals surface area contributed by atoms with E-state index in [4.69, 9.17) is 0 Å². The average molecular weight is 506 g/mol. The fraction of sp³-hybridized carbons (Fsp3) is 0.125. The Morgan fingerprint density at radius 2 is 1.86 bits per heavy atom. The normalized spacial score (nSPS) is 11.6. The van der Waals surface area contributed by atoms with E-state index < -0.39 is 28.8 Å². The van der Waals surface area contributed by atoms with Gasteiger partial charge in [-0.3, -0.25) is 14.2 Å². The Labute approximate surface area is 206 Å². The SMILES string of the molecule is CC(=O)c1ccc(-n2cnc3cc(Nc4ccc(C)nn4)ccc32)nc1-c1cc(C(F)(F)F)n[nH]c1=O. The van der Waals surface area contributed by atoms with Crippen LogP contribution in [-0.2, 0) is 6.18 Å². The minimum Gasteiger partial charge on any atom is -0.339 e. The van der Waals surface area contributed by atoms with Crippen molar-refractivity contribution in [1.29, 1.82) is 0 Å². The topological polar surface area (TPSA) is 131 Å². The largest absolute Gasteiger partial charge is 0.435 e.